The average molecular weight is 494 g/mol. The van der Waals surface area contributed by atoms with E-state index in [4.69, 9.17) is 4.52 Å². The second-order valence-corrected chi connectivity index (χ2v) is 8.41. The first-order chi connectivity index (χ1) is 18.1. The fourth-order valence-corrected chi connectivity index (χ4v) is 4.30. The van der Waals surface area contributed by atoms with E-state index in [0.717, 1.165) is 10.9 Å². The Labute approximate surface area is 208 Å². The topological polar surface area (TPSA) is 108 Å². The van der Waals surface area contributed by atoms with Crippen LogP contribution in [0.2, 0.25) is 0 Å². The number of benzene rings is 3. The number of fused-ring (bicyclic) bond motifs is 3. The number of anilines is 1. The Hall–Kier alpha value is -5.12. The molecule has 6 rings (SSSR count). The van der Waals surface area contributed by atoms with Crippen LogP contribution in [0.5, 0.6) is 0 Å². The van der Waals surface area contributed by atoms with Crippen LogP contribution in [0.25, 0.3) is 33.3 Å². The molecule has 0 aliphatic carbocycles. The zero-order valence-corrected chi connectivity index (χ0v) is 19.3. The van der Waals surface area contributed by atoms with Crippen molar-refractivity contribution < 1.29 is 13.7 Å². The number of nitrogens with one attached hydrogen (secondary N) is 1. The first kappa shape index (κ1) is 22.4. The van der Waals surface area contributed by atoms with Crippen molar-refractivity contribution in [2.24, 2.45) is 0 Å². The Morgan fingerprint density at radius 2 is 1.81 bits per heavy atom. The van der Waals surface area contributed by atoms with Gasteiger partial charge in [-0.25, -0.2) is 9.37 Å². The summed E-state index contributed by atoms with van der Waals surface area (Å²) in [7, 11) is 0. The zero-order chi connectivity index (χ0) is 25.4. The lowest BCUT2D eigenvalue weighted by Gasteiger charge is -2.09. The van der Waals surface area contributed by atoms with Crippen molar-refractivity contribution in [2.75, 3.05) is 5.32 Å². The van der Waals surface area contributed by atoms with E-state index in [2.05, 4.69) is 20.4 Å². The molecule has 0 radical (unpaired) electrons. The van der Waals surface area contributed by atoms with Crippen molar-refractivity contribution >= 4 is 33.5 Å². The maximum absolute atomic E-state index is 13.6. The van der Waals surface area contributed by atoms with Gasteiger partial charge >= 0.3 is 0 Å². The summed E-state index contributed by atoms with van der Waals surface area (Å²) in [6, 6.07) is 22.3. The van der Waals surface area contributed by atoms with E-state index in [1.165, 1.54) is 29.1 Å². The summed E-state index contributed by atoms with van der Waals surface area (Å²) in [5, 5.41) is 7.43. The van der Waals surface area contributed by atoms with Gasteiger partial charge in [-0.3, -0.25) is 14.2 Å². The molecule has 9 nitrogen and oxygen atoms in total. The van der Waals surface area contributed by atoms with Crippen molar-refractivity contribution in [3.63, 3.8) is 0 Å². The molecule has 6 aromatic rings. The lowest BCUT2D eigenvalue weighted by Crippen LogP contribution is -2.25. The van der Waals surface area contributed by atoms with Gasteiger partial charge in [-0.2, -0.15) is 4.98 Å². The molecule has 0 atom stereocenters. The molecule has 10 heteroatoms. The minimum absolute atomic E-state index is 0.0125. The van der Waals surface area contributed by atoms with Gasteiger partial charge in [-0.05, 0) is 24.3 Å². The van der Waals surface area contributed by atoms with Crippen LogP contribution in [0, 0.1) is 5.82 Å². The Balaban J connectivity index is 1.37. The van der Waals surface area contributed by atoms with Crippen LogP contribution >= 0.6 is 0 Å². The molecule has 37 heavy (non-hydrogen) atoms. The third kappa shape index (κ3) is 4.25. The molecule has 0 bridgehead atoms. The predicted octanol–water partition coefficient (Wildman–Crippen LogP) is 4.23. The fourth-order valence-electron chi connectivity index (χ4n) is 4.30. The molecule has 0 spiro atoms. The number of halogens is 1. The number of nitrogens with zero attached hydrogens (tertiary/aromatic N) is 5. The fraction of sp³-hybridized carbons (Fsp3) is 0.0741. The van der Waals surface area contributed by atoms with Crippen LogP contribution in [0.15, 0.2) is 94.5 Å². The van der Waals surface area contributed by atoms with Crippen molar-refractivity contribution in [2.45, 2.75) is 13.1 Å². The summed E-state index contributed by atoms with van der Waals surface area (Å²) in [6.07, 6.45) is 1.43. The molecule has 0 aliphatic heterocycles. The molecule has 3 aromatic carbocycles. The maximum atomic E-state index is 13.6. The lowest BCUT2D eigenvalue weighted by molar-refractivity contribution is -0.116. The van der Waals surface area contributed by atoms with Gasteiger partial charge in [0.1, 0.15) is 29.9 Å². The molecule has 1 N–H and O–H groups in total. The highest BCUT2D eigenvalue weighted by Crippen LogP contribution is 2.25. The third-order valence-corrected chi connectivity index (χ3v) is 5.95. The summed E-state index contributed by atoms with van der Waals surface area (Å²) in [5.74, 6) is -0.208. The van der Waals surface area contributed by atoms with E-state index >= 15 is 0 Å². The summed E-state index contributed by atoms with van der Waals surface area (Å²) in [5.41, 5.74) is 2.18. The molecule has 0 fully saturated rings. The average Bonchev–Trinajstić information content (AvgIpc) is 3.50. The predicted molar refractivity (Wildman–Crippen MR) is 135 cm³/mol. The molecule has 0 aliphatic rings. The largest absolute Gasteiger partial charge is 0.337 e. The minimum atomic E-state index is -0.460. The lowest BCUT2D eigenvalue weighted by atomic mass is 10.2. The van der Waals surface area contributed by atoms with Crippen molar-refractivity contribution in [3.05, 3.63) is 107 Å². The van der Waals surface area contributed by atoms with Gasteiger partial charge < -0.3 is 14.4 Å². The van der Waals surface area contributed by atoms with Crippen LogP contribution < -0.4 is 10.9 Å². The van der Waals surface area contributed by atoms with Gasteiger partial charge in [-0.15, -0.1) is 0 Å². The minimum Gasteiger partial charge on any atom is -0.337 e. The number of carbonyl (C=O) groups excluding carboxylic acids is 1. The molecule has 1 amide bonds. The Kier molecular flexibility index (Phi) is 5.53. The van der Waals surface area contributed by atoms with Crippen molar-refractivity contribution in [1.29, 1.82) is 0 Å². The Morgan fingerprint density at radius 3 is 2.65 bits per heavy atom. The van der Waals surface area contributed by atoms with Gasteiger partial charge in [-0.1, -0.05) is 59.8 Å². The summed E-state index contributed by atoms with van der Waals surface area (Å²) in [4.78, 5) is 35.4. The molecule has 3 aromatic heterocycles. The highest BCUT2D eigenvalue weighted by Gasteiger charge is 2.19. The number of para-hydroxylation sites is 1. The van der Waals surface area contributed by atoms with E-state index in [1.54, 1.807) is 10.6 Å². The van der Waals surface area contributed by atoms with Gasteiger partial charge in [0.15, 0.2) is 0 Å². The third-order valence-electron chi connectivity index (χ3n) is 5.95. The zero-order valence-electron chi connectivity index (χ0n) is 19.3. The highest BCUT2D eigenvalue weighted by molar-refractivity contribution is 6.06. The van der Waals surface area contributed by atoms with Crippen LogP contribution in [0.4, 0.5) is 10.1 Å². The molecular weight excluding hydrogens is 475 g/mol. The van der Waals surface area contributed by atoms with Gasteiger partial charge in [0.2, 0.25) is 17.6 Å². The Bertz CT molecular complexity index is 1820. The number of carbonyl (C=O) groups is 1. The second kappa shape index (κ2) is 9.15. The van der Waals surface area contributed by atoms with Crippen LogP contribution in [0.1, 0.15) is 5.89 Å². The standard InChI is InChI=1S/C27H19FN6O3/c28-18-9-6-10-19(13-18)30-22(35)14-34-21-12-5-4-11-20(21)24-25(34)27(36)33(16-29-24)15-23-31-26(32-37-23)17-7-2-1-3-8-17/h1-13,16H,14-15H2,(H,30,35). The molecule has 182 valence electrons. The summed E-state index contributed by atoms with van der Waals surface area (Å²) < 4.78 is 21.9. The quantitative estimate of drug-likeness (QED) is 0.371. The number of amides is 1. The van der Waals surface area contributed by atoms with E-state index in [-0.39, 0.29) is 30.1 Å². The monoisotopic (exact) mass is 494 g/mol. The molecule has 0 unspecified atom stereocenters. The number of aromatic nitrogens is 5. The maximum Gasteiger partial charge on any atom is 0.278 e. The van der Waals surface area contributed by atoms with Crippen LogP contribution in [-0.4, -0.2) is 30.2 Å². The number of rotatable bonds is 6. The Morgan fingerprint density at radius 1 is 1.00 bits per heavy atom. The first-order valence-electron chi connectivity index (χ1n) is 11.5. The highest BCUT2D eigenvalue weighted by atomic mass is 19.1. The summed E-state index contributed by atoms with van der Waals surface area (Å²) >= 11 is 0. The smallest absolute Gasteiger partial charge is 0.278 e. The number of hydrogen-bond donors (Lipinski definition) is 1. The van der Waals surface area contributed by atoms with E-state index in [0.29, 0.717) is 22.5 Å². The molecule has 3 heterocycles. The van der Waals surface area contributed by atoms with Gasteiger partial charge in [0, 0.05) is 16.6 Å². The normalized spacial score (nSPS) is 11.3. The summed E-state index contributed by atoms with van der Waals surface area (Å²) in [6.45, 7) is -0.154. The molecule has 0 saturated heterocycles. The van der Waals surface area contributed by atoms with E-state index in [9.17, 15) is 14.0 Å². The van der Waals surface area contributed by atoms with Gasteiger partial charge in [0.05, 0.1) is 11.8 Å². The van der Waals surface area contributed by atoms with Crippen molar-refractivity contribution in [1.82, 2.24) is 24.3 Å². The first-order valence-corrected chi connectivity index (χ1v) is 11.5. The van der Waals surface area contributed by atoms with Crippen LogP contribution in [-0.2, 0) is 17.9 Å². The van der Waals surface area contributed by atoms with Gasteiger partial charge in [0.25, 0.3) is 5.56 Å². The van der Waals surface area contributed by atoms with Crippen LogP contribution in [0.3, 0.4) is 0 Å². The molecular formula is C27H19FN6O3. The SMILES string of the molecule is O=C(Cn1c2ccccc2c2ncn(Cc3nc(-c4ccccc4)no3)c(=O)c21)Nc1cccc(F)c1. The molecule has 0 saturated carbocycles. The van der Waals surface area contributed by atoms with Crippen molar-refractivity contribution in [3.8, 4) is 11.4 Å². The van der Waals surface area contributed by atoms with E-state index in [1.807, 2.05) is 54.6 Å². The number of hydrogen-bond acceptors (Lipinski definition) is 6. The second-order valence-electron chi connectivity index (χ2n) is 8.41. The van der Waals surface area contributed by atoms with E-state index < -0.39 is 11.7 Å².